The molecule has 2 bridgehead atoms. The molecule has 2 aliphatic rings. The highest BCUT2D eigenvalue weighted by atomic mass is 16.5. The lowest BCUT2D eigenvalue weighted by atomic mass is 9.96. The van der Waals surface area contributed by atoms with Crippen molar-refractivity contribution in [1.82, 2.24) is 20.2 Å². The first-order valence-electron chi connectivity index (χ1n) is 10.1. The van der Waals surface area contributed by atoms with Gasteiger partial charge in [-0.1, -0.05) is 0 Å². The molecule has 0 spiro atoms. The summed E-state index contributed by atoms with van der Waals surface area (Å²) < 4.78 is 10.6. The maximum Gasteiger partial charge on any atom is 0.271 e. The molecule has 2 aliphatic heterocycles. The van der Waals surface area contributed by atoms with E-state index in [1.165, 1.54) is 6.20 Å². The Balaban J connectivity index is 1.46. The van der Waals surface area contributed by atoms with Crippen LogP contribution >= 0.6 is 0 Å². The fourth-order valence-electron chi connectivity index (χ4n) is 4.48. The van der Waals surface area contributed by atoms with E-state index in [9.17, 15) is 9.59 Å². The van der Waals surface area contributed by atoms with Crippen LogP contribution in [-0.2, 0) is 0 Å². The van der Waals surface area contributed by atoms with E-state index < -0.39 is 0 Å². The number of rotatable bonds is 5. The van der Waals surface area contributed by atoms with Gasteiger partial charge in [-0.25, -0.2) is 4.98 Å². The molecule has 158 valence electrons. The van der Waals surface area contributed by atoms with Crippen LogP contribution < -0.4 is 14.8 Å². The Bertz CT molecular complexity index is 910. The molecule has 3 heterocycles. The summed E-state index contributed by atoms with van der Waals surface area (Å²) in [6.07, 6.45) is 6.42. The number of benzene rings is 1. The Kier molecular flexibility index (Phi) is 5.57. The highest BCUT2D eigenvalue weighted by Gasteiger charge is 2.44. The van der Waals surface area contributed by atoms with Crippen LogP contribution in [0.2, 0.25) is 0 Å². The Labute approximate surface area is 175 Å². The van der Waals surface area contributed by atoms with E-state index in [0.29, 0.717) is 22.8 Å². The van der Waals surface area contributed by atoms with Gasteiger partial charge in [-0.05, 0) is 44.7 Å². The van der Waals surface area contributed by atoms with Gasteiger partial charge < -0.3 is 19.7 Å². The van der Waals surface area contributed by atoms with Gasteiger partial charge in [0.25, 0.3) is 11.8 Å². The van der Waals surface area contributed by atoms with Crippen LogP contribution in [0.15, 0.2) is 30.6 Å². The Morgan fingerprint density at radius 2 is 1.63 bits per heavy atom. The molecule has 1 aromatic carbocycles. The van der Waals surface area contributed by atoms with Crippen LogP contribution in [0.1, 0.15) is 52.2 Å². The molecule has 4 rings (SSSR count). The third kappa shape index (κ3) is 3.94. The number of hydrogen-bond acceptors (Lipinski definition) is 6. The minimum atomic E-state index is -0.218. The molecule has 2 fully saturated rings. The van der Waals surface area contributed by atoms with Crippen molar-refractivity contribution >= 4 is 11.8 Å². The van der Waals surface area contributed by atoms with Gasteiger partial charge in [0.05, 0.1) is 26.1 Å². The Morgan fingerprint density at radius 3 is 2.17 bits per heavy atom. The number of hydrogen-bond donors (Lipinski definition) is 1. The number of piperidine rings is 1. The Morgan fingerprint density at radius 1 is 1.00 bits per heavy atom. The molecule has 8 nitrogen and oxygen atoms in total. The number of amides is 2. The molecule has 1 N–H and O–H groups in total. The van der Waals surface area contributed by atoms with Crippen molar-refractivity contribution in [2.24, 2.45) is 0 Å². The molecule has 0 saturated carbocycles. The third-order valence-electron chi connectivity index (χ3n) is 5.91. The number of aryl methyl sites for hydroxylation is 1. The van der Waals surface area contributed by atoms with E-state index in [4.69, 9.17) is 9.47 Å². The second-order valence-electron chi connectivity index (χ2n) is 7.88. The molecule has 0 radical (unpaired) electrons. The molecule has 2 saturated heterocycles. The second kappa shape index (κ2) is 8.30. The van der Waals surface area contributed by atoms with Crippen LogP contribution in [0.4, 0.5) is 0 Å². The van der Waals surface area contributed by atoms with Crippen molar-refractivity contribution in [3.8, 4) is 11.5 Å². The lowest BCUT2D eigenvalue weighted by Crippen LogP contribution is -2.52. The predicted octanol–water partition coefficient (Wildman–Crippen LogP) is 2.37. The van der Waals surface area contributed by atoms with Gasteiger partial charge in [0.1, 0.15) is 17.2 Å². The van der Waals surface area contributed by atoms with Gasteiger partial charge in [-0.3, -0.25) is 14.6 Å². The molecule has 2 amide bonds. The highest BCUT2D eigenvalue weighted by molar-refractivity contribution is 5.96. The van der Waals surface area contributed by atoms with E-state index in [2.05, 4.69) is 15.3 Å². The highest BCUT2D eigenvalue weighted by Crippen LogP contribution is 2.37. The fraction of sp³-hybridized carbons (Fsp3) is 0.455. The van der Waals surface area contributed by atoms with Gasteiger partial charge in [-0.15, -0.1) is 0 Å². The summed E-state index contributed by atoms with van der Waals surface area (Å²) in [4.78, 5) is 36.1. The molecule has 0 aliphatic carbocycles. The molecule has 1 unspecified atom stereocenters. The number of carbonyl (C=O) groups is 2. The number of ether oxygens (including phenoxy) is 2. The SMILES string of the molecule is COc1cc(OC)cc(C(=O)N2[C@@H]3CC[C@H]2CC(NC(=O)c2cnc(C)cn2)C3)c1. The molecule has 1 aromatic heterocycles. The number of methoxy groups -OCH3 is 2. The van der Waals surface area contributed by atoms with Crippen molar-refractivity contribution in [2.45, 2.75) is 50.7 Å². The topological polar surface area (TPSA) is 93.7 Å². The van der Waals surface area contributed by atoms with Crippen molar-refractivity contribution in [3.63, 3.8) is 0 Å². The first-order valence-corrected chi connectivity index (χ1v) is 10.1. The average Bonchev–Trinajstić information content (AvgIpc) is 3.03. The summed E-state index contributed by atoms with van der Waals surface area (Å²) in [6.45, 7) is 1.83. The van der Waals surface area contributed by atoms with E-state index >= 15 is 0 Å². The fourth-order valence-corrected chi connectivity index (χ4v) is 4.48. The van der Waals surface area contributed by atoms with E-state index in [1.807, 2.05) is 11.8 Å². The minimum Gasteiger partial charge on any atom is -0.497 e. The zero-order valence-electron chi connectivity index (χ0n) is 17.4. The van der Waals surface area contributed by atoms with Crippen LogP contribution in [0.25, 0.3) is 0 Å². The molecular weight excluding hydrogens is 384 g/mol. The van der Waals surface area contributed by atoms with E-state index in [0.717, 1.165) is 31.4 Å². The third-order valence-corrected chi connectivity index (χ3v) is 5.91. The van der Waals surface area contributed by atoms with E-state index in [1.54, 1.807) is 38.6 Å². The summed E-state index contributed by atoms with van der Waals surface area (Å²) in [7, 11) is 3.14. The van der Waals surface area contributed by atoms with Crippen LogP contribution in [-0.4, -0.2) is 59.0 Å². The molecule has 8 heteroatoms. The summed E-state index contributed by atoms with van der Waals surface area (Å²) in [6, 6.07) is 5.46. The largest absolute Gasteiger partial charge is 0.497 e. The van der Waals surface area contributed by atoms with Gasteiger partial charge in [-0.2, -0.15) is 0 Å². The van der Waals surface area contributed by atoms with Crippen LogP contribution in [0.5, 0.6) is 11.5 Å². The van der Waals surface area contributed by atoms with Gasteiger partial charge in [0.15, 0.2) is 0 Å². The lowest BCUT2D eigenvalue weighted by Gasteiger charge is -2.39. The zero-order valence-corrected chi connectivity index (χ0v) is 17.4. The first-order chi connectivity index (χ1) is 14.5. The maximum absolute atomic E-state index is 13.3. The summed E-state index contributed by atoms with van der Waals surface area (Å²) in [5.41, 5.74) is 1.64. The number of nitrogens with zero attached hydrogens (tertiary/aromatic N) is 3. The minimum absolute atomic E-state index is 0.0157. The van der Waals surface area contributed by atoms with Crippen molar-refractivity contribution in [3.05, 3.63) is 47.5 Å². The molecule has 30 heavy (non-hydrogen) atoms. The second-order valence-corrected chi connectivity index (χ2v) is 7.88. The smallest absolute Gasteiger partial charge is 0.271 e. The molecule has 3 atom stereocenters. The zero-order chi connectivity index (χ0) is 21.3. The summed E-state index contributed by atoms with van der Waals surface area (Å²) in [5.74, 6) is 0.941. The van der Waals surface area contributed by atoms with Crippen molar-refractivity contribution in [1.29, 1.82) is 0 Å². The lowest BCUT2D eigenvalue weighted by molar-refractivity contribution is 0.0548. The molecule has 2 aromatic rings. The molecular formula is C22H26N4O4. The van der Waals surface area contributed by atoms with Crippen molar-refractivity contribution < 1.29 is 19.1 Å². The standard InChI is InChI=1S/C22H26N4O4/c1-13-11-24-20(12-23-13)21(27)25-15-8-16-4-5-17(9-15)26(16)22(28)14-6-18(29-2)10-19(7-14)30-3/h6-7,10-12,15-17H,4-5,8-9H2,1-3H3,(H,25,27)/t15?,16-,17+. The van der Waals surface area contributed by atoms with Crippen LogP contribution in [0, 0.1) is 6.92 Å². The number of carbonyl (C=O) groups excluding carboxylic acids is 2. The summed E-state index contributed by atoms with van der Waals surface area (Å²) in [5, 5.41) is 3.07. The number of aromatic nitrogens is 2. The van der Waals surface area contributed by atoms with Gasteiger partial charge in [0, 0.05) is 36.0 Å². The number of nitrogens with one attached hydrogen (secondary N) is 1. The maximum atomic E-state index is 13.3. The monoisotopic (exact) mass is 410 g/mol. The predicted molar refractivity (Wildman–Crippen MR) is 110 cm³/mol. The number of fused-ring (bicyclic) bond motifs is 2. The Hall–Kier alpha value is -3.16. The summed E-state index contributed by atoms with van der Waals surface area (Å²) >= 11 is 0. The van der Waals surface area contributed by atoms with Gasteiger partial charge >= 0.3 is 0 Å². The van der Waals surface area contributed by atoms with Crippen molar-refractivity contribution in [2.75, 3.05) is 14.2 Å². The van der Waals surface area contributed by atoms with Gasteiger partial charge in [0.2, 0.25) is 0 Å². The normalized spacial score (nSPS) is 22.5. The first kappa shape index (κ1) is 20.1. The van der Waals surface area contributed by atoms with Crippen LogP contribution in [0.3, 0.4) is 0 Å². The van der Waals surface area contributed by atoms with E-state index in [-0.39, 0.29) is 29.9 Å². The average molecular weight is 410 g/mol. The quantitative estimate of drug-likeness (QED) is 0.813.